The minimum atomic E-state index is -1.11. The number of hydrogen-bond acceptors (Lipinski definition) is 4. The summed E-state index contributed by atoms with van der Waals surface area (Å²) in [6, 6.07) is -0.514. The molecule has 1 fully saturated rings. The Labute approximate surface area is 102 Å². The van der Waals surface area contributed by atoms with Crippen molar-refractivity contribution in [1.29, 1.82) is 0 Å². The van der Waals surface area contributed by atoms with Gasteiger partial charge in [0.2, 0.25) is 5.91 Å². The van der Waals surface area contributed by atoms with Crippen molar-refractivity contribution in [2.45, 2.75) is 38.8 Å². The molecule has 17 heavy (non-hydrogen) atoms. The van der Waals surface area contributed by atoms with Crippen molar-refractivity contribution in [2.75, 3.05) is 20.1 Å². The maximum absolute atomic E-state index is 11.9. The number of rotatable bonds is 4. The van der Waals surface area contributed by atoms with Gasteiger partial charge in [-0.1, -0.05) is 0 Å². The molecular weight excluding hydrogens is 220 g/mol. The van der Waals surface area contributed by atoms with Crippen LogP contribution in [0.4, 0.5) is 0 Å². The van der Waals surface area contributed by atoms with Gasteiger partial charge in [-0.05, 0) is 46.8 Å². The van der Waals surface area contributed by atoms with E-state index in [1.54, 1.807) is 6.92 Å². The van der Waals surface area contributed by atoms with Crippen LogP contribution in [0.25, 0.3) is 0 Å². The minimum absolute atomic E-state index is 0.00723. The SMILES string of the molecule is CC(=O)C(O)C(C)NC(=O)C1CCN(C)CC1. The van der Waals surface area contributed by atoms with Crippen LogP contribution in [0.2, 0.25) is 0 Å². The second kappa shape index (κ2) is 6.12. The summed E-state index contributed by atoms with van der Waals surface area (Å²) >= 11 is 0. The molecular formula is C12H22N2O3. The molecule has 5 heteroatoms. The molecule has 0 aliphatic carbocycles. The largest absolute Gasteiger partial charge is 0.383 e. The average Bonchev–Trinajstić information content (AvgIpc) is 2.28. The molecule has 2 N–H and O–H groups in total. The van der Waals surface area contributed by atoms with Gasteiger partial charge < -0.3 is 15.3 Å². The van der Waals surface area contributed by atoms with Gasteiger partial charge in [-0.3, -0.25) is 9.59 Å². The van der Waals surface area contributed by atoms with Crippen molar-refractivity contribution in [1.82, 2.24) is 10.2 Å². The summed E-state index contributed by atoms with van der Waals surface area (Å²) in [5, 5.41) is 12.2. The summed E-state index contributed by atoms with van der Waals surface area (Å²) in [5.74, 6) is -0.361. The molecule has 0 saturated carbocycles. The molecule has 0 radical (unpaired) electrons. The molecule has 1 aliphatic rings. The Kier molecular flexibility index (Phi) is 5.08. The number of Topliss-reactive ketones (excluding diaryl/α,β-unsaturated/α-hetero) is 1. The smallest absolute Gasteiger partial charge is 0.223 e. The van der Waals surface area contributed by atoms with Gasteiger partial charge in [-0.15, -0.1) is 0 Å². The van der Waals surface area contributed by atoms with Crippen LogP contribution in [-0.2, 0) is 9.59 Å². The molecule has 0 bridgehead atoms. The Hall–Kier alpha value is -0.940. The standard InChI is InChI=1S/C12H22N2O3/c1-8(11(16)9(2)15)13-12(17)10-4-6-14(3)7-5-10/h8,10-11,16H,4-7H2,1-3H3,(H,13,17). The number of nitrogens with zero attached hydrogens (tertiary/aromatic N) is 1. The van der Waals surface area contributed by atoms with Crippen LogP contribution in [0.1, 0.15) is 26.7 Å². The highest BCUT2D eigenvalue weighted by Gasteiger charge is 2.27. The molecule has 2 atom stereocenters. The Morgan fingerprint density at radius 3 is 2.35 bits per heavy atom. The predicted molar refractivity (Wildman–Crippen MR) is 64.5 cm³/mol. The summed E-state index contributed by atoms with van der Waals surface area (Å²) in [7, 11) is 2.04. The lowest BCUT2D eigenvalue weighted by Gasteiger charge is -2.29. The summed E-state index contributed by atoms with van der Waals surface area (Å²) in [4.78, 5) is 25.1. The molecule has 1 rings (SSSR count). The van der Waals surface area contributed by atoms with E-state index in [2.05, 4.69) is 10.2 Å². The molecule has 2 unspecified atom stereocenters. The van der Waals surface area contributed by atoms with Crippen LogP contribution in [-0.4, -0.2) is 54.0 Å². The van der Waals surface area contributed by atoms with Gasteiger partial charge in [0.25, 0.3) is 0 Å². The lowest BCUT2D eigenvalue weighted by molar-refractivity contribution is -0.130. The topological polar surface area (TPSA) is 69.6 Å². The zero-order valence-electron chi connectivity index (χ0n) is 10.8. The molecule has 0 aromatic carbocycles. The van der Waals surface area contributed by atoms with Crippen LogP contribution < -0.4 is 5.32 Å². The van der Waals surface area contributed by atoms with Crippen LogP contribution in [0.5, 0.6) is 0 Å². The Morgan fingerprint density at radius 1 is 1.35 bits per heavy atom. The Balaban J connectivity index is 2.41. The number of aliphatic hydroxyl groups is 1. The summed E-state index contributed by atoms with van der Waals surface area (Å²) in [5.41, 5.74) is 0. The number of ketones is 1. The van der Waals surface area contributed by atoms with E-state index in [1.807, 2.05) is 7.05 Å². The highest BCUT2D eigenvalue weighted by molar-refractivity contribution is 5.83. The Bertz CT molecular complexity index is 285. The average molecular weight is 242 g/mol. The predicted octanol–water partition coefficient (Wildman–Crippen LogP) is -0.217. The number of hydrogen-bond donors (Lipinski definition) is 2. The van der Waals surface area contributed by atoms with Crippen molar-refractivity contribution in [3.05, 3.63) is 0 Å². The number of amides is 1. The van der Waals surface area contributed by atoms with Crippen LogP contribution in [0.3, 0.4) is 0 Å². The third kappa shape index (κ3) is 4.09. The van der Waals surface area contributed by atoms with Crippen LogP contribution >= 0.6 is 0 Å². The first-order valence-electron chi connectivity index (χ1n) is 6.09. The molecule has 98 valence electrons. The van der Waals surface area contributed by atoms with Gasteiger partial charge in [0.15, 0.2) is 5.78 Å². The van der Waals surface area contributed by atoms with Crippen molar-refractivity contribution in [3.63, 3.8) is 0 Å². The van der Waals surface area contributed by atoms with E-state index in [-0.39, 0.29) is 17.6 Å². The lowest BCUT2D eigenvalue weighted by Crippen LogP contribution is -2.48. The summed E-state index contributed by atoms with van der Waals surface area (Å²) in [6.07, 6.45) is 0.571. The molecule has 0 aromatic heterocycles. The molecule has 0 aromatic rings. The van der Waals surface area contributed by atoms with Gasteiger partial charge in [-0.2, -0.15) is 0 Å². The second-order valence-corrected chi connectivity index (χ2v) is 4.93. The number of carbonyl (C=O) groups excluding carboxylic acids is 2. The van der Waals surface area contributed by atoms with E-state index in [9.17, 15) is 14.7 Å². The monoisotopic (exact) mass is 242 g/mol. The zero-order chi connectivity index (χ0) is 13.0. The highest BCUT2D eigenvalue weighted by Crippen LogP contribution is 2.16. The van der Waals surface area contributed by atoms with E-state index in [4.69, 9.17) is 0 Å². The van der Waals surface area contributed by atoms with Crippen LogP contribution in [0, 0.1) is 5.92 Å². The first kappa shape index (κ1) is 14.1. The third-order valence-electron chi connectivity index (χ3n) is 3.35. The summed E-state index contributed by atoms with van der Waals surface area (Å²) < 4.78 is 0. The molecule has 1 aliphatic heterocycles. The van der Waals surface area contributed by atoms with Gasteiger partial charge >= 0.3 is 0 Å². The molecule has 1 heterocycles. The number of aliphatic hydroxyl groups excluding tert-OH is 1. The molecule has 5 nitrogen and oxygen atoms in total. The van der Waals surface area contributed by atoms with E-state index in [0.717, 1.165) is 25.9 Å². The van der Waals surface area contributed by atoms with Crippen molar-refractivity contribution >= 4 is 11.7 Å². The lowest BCUT2D eigenvalue weighted by atomic mass is 9.95. The molecule has 1 amide bonds. The highest BCUT2D eigenvalue weighted by atomic mass is 16.3. The third-order valence-corrected chi connectivity index (χ3v) is 3.35. The van der Waals surface area contributed by atoms with E-state index in [0.29, 0.717) is 0 Å². The first-order chi connectivity index (χ1) is 7.91. The maximum Gasteiger partial charge on any atom is 0.223 e. The second-order valence-electron chi connectivity index (χ2n) is 4.93. The normalized spacial score (nSPS) is 21.9. The minimum Gasteiger partial charge on any atom is -0.383 e. The Morgan fingerprint density at radius 2 is 1.88 bits per heavy atom. The van der Waals surface area contributed by atoms with Crippen molar-refractivity contribution in [3.8, 4) is 0 Å². The van der Waals surface area contributed by atoms with Crippen LogP contribution in [0.15, 0.2) is 0 Å². The van der Waals surface area contributed by atoms with Gasteiger partial charge in [-0.25, -0.2) is 0 Å². The number of nitrogens with one attached hydrogen (secondary N) is 1. The number of piperidine rings is 1. The van der Waals surface area contributed by atoms with E-state index >= 15 is 0 Å². The van der Waals surface area contributed by atoms with Crippen molar-refractivity contribution < 1.29 is 14.7 Å². The maximum atomic E-state index is 11.9. The van der Waals surface area contributed by atoms with Gasteiger partial charge in [0.1, 0.15) is 6.10 Å². The first-order valence-corrected chi connectivity index (χ1v) is 6.09. The number of likely N-dealkylation sites (tertiary alicyclic amines) is 1. The zero-order valence-corrected chi connectivity index (χ0v) is 10.8. The molecule has 1 saturated heterocycles. The fourth-order valence-electron chi connectivity index (χ4n) is 2.04. The van der Waals surface area contributed by atoms with E-state index < -0.39 is 12.1 Å². The fourth-order valence-corrected chi connectivity index (χ4v) is 2.04. The molecule has 0 spiro atoms. The summed E-state index contributed by atoms with van der Waals surface area (Å²) in [6.45, 7) is 4.81. The van der Waals surface area contributed by atoms with Gasteiger partial charge in [0, 0.05) is 5.92 Å². The van der Waals surface area contributed by atoms with Gasteiger partial charge in [0.05, 0.1) is 6.04 Å². The van der Waals surface area contributed by atoms with E-state index in [1.165, 1.54) is 6.92 Å². The number of carbonyl (C=O) groups is 2. The quantitative estimate of drug-likeness (QED) is 0.715. The van der Waals surface area contributed by atoms with Crippen molar-refractivity contribution in [2.24, 2.45) is 5.92 Å². The fraction of sp³-hybridized carbons (Fsp3) is 0.833.